The van der Waals surface area contributed by atoms with E-state index in [1.807, 2.05) is 19.9 Å². The van der Waals surface area contributed by atoms with Crippen LogP contribution in [-0.2, 0) is 11.2 Å². The third-order valence-corrected chi connectivity index (χ3v) is 10.4. The molecular weight excluding hydrogens is 535 g/mol. The smallest absolute Gasteiger partial charge is 0.136 e. The summed E-state index contributed by atoms with van der Waals surface area (Å²) in [6.07, 6.45) is 8.00. The normalized spacial score (nSPS) is 23.5. The number of carbonyl (C=O) groups excluding carboxylic acids is 1. The molecule has 43 heavy (non-hydrogen) atoms. The monoisotopic (exact) mass is 580 g/mol. The maximum Gasteiger partial charge on any atom is 0.136 e. The number of aromatic amines is 1. The Morgan fingerprint density at radius 1 is 1.02 bits per heavy atom. The molecule has 2 heterocycles. The largest absolute Gasteiger partial charge is 0.493 e. The third kappa shape index (κ3) is 6.56. The number of Topliss-reactive ketones (excluding diaryl/α,β-unsaturated/α-hetero) is 1. The van der Waals surface area contributed by atoms with Crippen molar-refractivity contribution in [2.24, 2.45) is 23.7 Å². The second kappa shape index (κ2) is 12.6. The van der Waals surface area contributed by atoms with Crippen LogP contribution in [-0.4, -0.2) is 22.4 Å². The topological polar surface area (TPSA) is 55.0 Å². The van der Waals surface area contributed by atoms with E-state index in [4.69, 9.17) is 4.74 Å². The number of halogens is 1. The van der Waals surface area contributed by atoms with E-state index in [9.17, 15) is 9.18 Å². The summed E-state index contributed by atoms with van der Waals surface area (Å²) in [6, 6.07) is 18.1. The minimum atomic E-state index is -0.170. The highest BCUT2D eigenvalue weighted by Crippen LogP contribution is 2.41. The number of ether oxygens (including phenoxy) is 1. The van der Waals surface area contributed by atoms with Gasteiger partial charge in [-0.15, -0.1) is 0 Å². The summed E-state index contributed by atoms with van der Waals surface area (Å²) in [4.78, 5) is 21.7. The molecule has 1 saturated carbocycles. The number of H-pyrrole nitrogens is 1. The number of aromatic nitrogens is 2. The van der Waals surface area contributed by atoms with Crippen LogP contribution in [0.1, 0.15) is 87.2 Å². The number of imidazole rings is 1. The first-order valence-corrected chi connectivity index (χ1v) is 16.3. The van der Waals surface area contributed by atoms with Gasteiger partial charge in [0.15, 0.2) is 0 Å². The Balaban J connectivity index is 1.13. The van der Waals surface area contributed by atoms with E-state index in [1.165, 1.54) is 29.5 Å². The molecule has 3 aromatic carbocycles. The minimum Gasteiger partial charge on any atom is -0.493 e. The average Bonchev–Trinajstić information content (AvgIpc) is 3.18. The van der Waals surface area contributed by atoms with Crippen molar-refractivity contribution in [2.45, 2.75) is 85.0 Å². The summed E-state index contributed by atoms with van der Waals surface area (Å²) in [7, 11) is 0. The number of rotatable bonds is 6. The van der Waals surface area contributed by atoms with Crippen molar-refractivity contribution in [3.05, 3.63) is 82.9 Å². The van der Waals surface area contributed by atoms with Crippen LogP contribution >= 0.6 is 0 Å². The number of hydrogen-bond donors (Lipinski definition) is 1. The van der Waals surface area contributed by atoms with Crippen molar-refractivity contribution >= 4 is 16.8 Å². The standard InChI is InChI=1S/C38H45FN2O2/c1-23-17-32-20-29(30-9-13-35-36(21-30)41-26(4)40-35)10-14-38(32)43-16-15-27(23)22-37(42)25(3)28-7-5-6-8-31(19-28)34-12-11-33(39)18-24(34)2/h9-14,18,20-21,23,25,27-28,31H,5-8,15-17,19,22H2,1-4H3,(H,40,41). The Bertz CT molecular complexity index is 1610. The Hall–Kier alpha value is -3.47. The highest BCUT2D eigenvalue weighted by molar-refractivity contribution is 5.82. The first-order valence-electron chi connectivity index (χ1n) is 16.3. The molecule has 0 saturated heterocycles. The van der Waals surface area contributed by atoms with E-state index in [1.54, 1.807) is 12.1 Å². The fourth-order valence-electron chi connectivity index (χ4n) is 7.74. The second-order valence-corrected chi connectivity index (χ2v) is 13.4. The molecule has 226 valence electrons. The highest BCUT2D eigenvalue weighted by Gasteiger charge is 2.32. The first-order chi connectivity index (χ1) is 20.7. The molecule has 0 spiro atoms. The van der Waals surface area contributed by atoms with Gasteiger partial charge in [0, 0.05) is 12.3 Å². The van der Waals surface area contributed by atoms with Gasteiger partial charge in [-0.05, 0) is 134 Å². The molecule has 5 unspecified atom stereocenters. The zero-order valence-corrected chi connectivity index (χ0v) is 26.1. The van der Waals surface area contributed by atoms with E-state index in [0.717, 1.165) is 65.8 Å². The van der Waals surface area contributed by atoms with Gasteiger partial charge in [-0.1, -0.05) is 44.9 Å². The molecule has 1 fully saturated rings. The number of benzene rings is 3. The quantitative estimate of drug-likeness (QED) is 0.231. The Morgan fingerprint density at radius 2 is 1.81 bits per heavy atom. The predicted molar refractivity (Wildman–Crippen MR) is 172 cm³/mol. The lowest BCUT2D eigenvalue weighted by atomic mass is 9.75. The van der Waals surface area contributed by atoms with Crippen molar-refractivity contribution in [3.63, 3.8) is 0 Å². The summed E-state index contributed by atoms with van der Waals surface area (Å²) >= 11 is 0. The van der Waals surface area contributed by atoms with E-state index < -0.39 is 0 Å². The summed E-state index contributed by atoms with van der Waals surface area (Å²) in [6.45, 7) is 9.11. The zero-order valence-electron chi connectivity index (χ0n) is 26.1. The van der Waals surface area contributed by atoms with Gasteiger partial charge >= 0.3 is 0 Å². The summed E-state index contributed by atoms with van der Waals surface area (Å²) in [5, 5.41) is 0. The molecule has 1 aromatic heterocycles. The predicted octanol–water partition coefficient (Wildman–Crippen LogP) is 9.52. The number of aryl methyl sites for hydroxylation is 2. The number of hydrogen-bond acceptors (Lipinski definition) is 3. The number of nitrogens with zero attached hydrogens (tertiary/aromatic N) is 1. The van der Waals surface area contributed by atoms with Crippen LogP contribution in [0.2, 0.25) is 0 Å². The van der Waals surface area contributed by atoms with E-state index >= 15 is 0 Å². The lowest BCUT2D eigenvalue weighted by Crippen LogP contribution is -2.28. The number of ketones is 1. The molecule has 5 atom stereocenters. The summed E-state index contributed by atoms with van der Waals surface area (Å²) in [5.41, 5.74) is 7.88. The van der Waals surface area contributed by atoms with Crippen molar-refractivity contribution in [1.82, 2.24) is 9.97 Å². The maximum atomic E-state index is 13.8. The Kier molecular flexibility index (Phi) is 8.70. The molecule has 2 aliphatic rings. The lowest BCUT2D eigenvalue weighted by Gasteiger charge is -2.30. The van der Waals surface area contributed by atoms with Gasteiger partial charge in [0.1, 0.15) is 23.2 Å². The Morgan fingerprint density at radius 3 is 2.65 bits per heavy atom. The van der Waals surface area contributed by atoms with Crippen molar-refractivity contribution in [1.29, 1.82) is 0 Å². The van der Waals surface area contributed by atoms with Gasteiger partial charge in [-0.25, -0.2) is 9.37 Å². The molecule has 5 heteroatoms. The molecule has 1 aliphatic heterocycles. The van der Waals surface area contributed by atoms with E-state index in [-0.39, 0.29) is 11.7 Å². The van der Waals surface area contributed by atoms with Gasteiger partial charge in [0.25, 0.3) is 0 Å². The number of nitrogens with one attached hydrogen (secondary N) is 1. The molecule has 6 rings (SSSR count). The van der Waals surface area contributed by atoms with Crippen LogP contribution in [0.3, 0.4) is 0 Å². The highest BCUT2D eigenvalue weighted by atomic mass is 19.1. The van der Waals surface area contributed by atoms with Crippen LogP contribution < -0.4 is 4.74 Å². The maximum absolute atomic E-state index is 13.8. The van der Waals surface area contributed by atoms with Crippen LogP contribution in [0.5, 0.6) is 5.75 Å². The SMILES string of the molecule is Cc1nc2ccc(-c3ccc4c(c3)CC(C)C(CC(=O)C(C)C3CCCCC(c5ccc(F)cc5C)C3)CCO4)cc2[nH]1. The van der Waals surface area contributed by atoms with Gasteiger partial charge in [0.05, 0.1) is 17.6 Å². The summed E-state index contributed by atoms with van der Waals surface area (Å²) in [5.74, 6) is 3.63. The number of carbonyl (C=O) groups is 1. The van der Waals surface area contributed by atoms with Crippen molar-refractivity contribution in [3.8, 4) is 16.9 Å². The molecule has 1 aliphatic carbocycles. The molecule has 1 N–H and O–H groups in total. The molecular formula is C38H45FN2O2. The van der Waals surface area contributed by atoms with Crippen LogP contribution in [0.25, 0.3) is 22.2 Å². The van der Waals surface area contributed by atoms with E-state index in [0.29, 0.717) is 42.5 Å². The molecule has 0 radical (unpaired) electrons. The minimum absolute atomic E-state index is 0.0415. The fourth-order valence-corrected chi connectivity index (χ4v) is 7.74. The van der Waals surface area contributed by atoms with Crippen LogP contribution in [0.4, 0.5) is 4.39 Å². The molecule has 0 bridgehead atoms. The molecule has 4 aromatic rings. The number of fused-ring (bicyclic) bond motifs is 2. The zero-order chi connectivity index (χ0) is 30.1. The fraction of sp³-hybridized carbons (Fsp3) is 0.474. The third-order valence-electron chi connectivity index (χ3n) is 10.4. The molecule has 0 amide bonds. The van der Waals surface area contributed by atoms with Gasteiger partial charge in [0.2, 0.25) is 0 Å². The first kappa shape index (κ1) is 29.6. The van der Waals surface area contributed by atoms with Crippen molar-refractivity contribution in [2.75, 3.05) is 6.61 Å². The van der Waals surface area contributed by atoms with Crippen LogP contribution in [0, 0.1) is 43.3 Å². The van der Waals surface area contributed by atoms with E-state index in [2.05, 4.69) is 60.2 Å². The van der Waals surface area contributed by atoms with Crippen molar-refractivity contribution < 1.29 is 13.9 Å². The molecule has 4 nitrogen and oxygen atoms in total. The van der Waals surface area contributed by atoms with Gasteiger partial charge < -0.3 is 9.72 Å². The Labute approximate surface area is 255 Å². The van der Waals surface area contributed by atoms with Gasteiger partial charge in [-0.2, -0.15) is 0 Å². The average molecular weight is 581 g/mol. The second-order valence-electron chi connectivity index (χ2n) is 13.4. The van der Waals surface area contributed by atoms with Crippen LogP contribution in [0.15, 0.2) is 54.6 Å². The van der Waals surface area contributed by atoms with Gasteiger partial charge in [-0.3, -0.25) is 4.79 Å². The lowest BCUT2D eigenvalue weighted by molar-refractivity contribution is -0.125. The summed E-state index contributed by atoms with van der Waals surface area (Å²) < 4.78 is 20.1.